The van der Waals surface area contributed by atoms with Crippen LogP contribution in [-0.2, 0) is 4.74 Å². The maximum atomic E-state index is 10.7. The van der Waals surface area contributed by atoms with Crippen LogP contribution >= 0.6 is 12.4 Å². The lowest BCUT2D eigenvalue weighted by molar-refractivity contribution is 0.0690. The molecule has 0 atom stereocenters. The van der Waals surface area contributed by atoms with Crippen LogP contribution in [0.3, 0.4) is 0 Å². The Morgan fingerprint density at radius 2 is 2.06 bits per heavy atom. The normalized spacial score (nSPS) is 15.4. The van der Waals surface area contributed by atoms with Crippen LogP contribution in [0.5, 0.6) is 0 Å². The highest BCUT2D eigenvalue weighted by molar-refractivity contribution is 5.86. The summed E-state index contributed by atoms with van der Waals surface area (Å²) >= 11 is 0. The summed E-state index contributed by atoms with van der Waals surface area (Å²) in [6, 6.07) is 1.48. The summed E-state index contributed by atoms with van der Waals surface area (Å²) in [6.07, 6.45) is 1.27. The fourth-order valence-corrected chi connectivity index (χ4v) is 1.43. The Bertz CT molecular complexity index is 369. The molecule has 1 aliphatic heterocycles. The Kier molecular flexibility index (Phi) is 4.45. The maximum absolute atomic E-state index is 10.7. The van der Waals surface area contributed by atoms with E-state index in [1.54, 1.807) is 0 Å². The van der Waals surface area contributed by atoms with Crippen molar-refractivity contribution in [1.29, 1.82) is 0 Å². The molecular formula is C9H12ClN3O3. The van der Waals surface area contributed by atoms with Gasteiger partial charge in [-0.2, -0.15) is 0 Å². The van der Waals surface area contributed by atoms with Crippen molar-refractivity contribution in [3.8, 4) is 0 Å². The summed E-state index contributed by atoms with van der Waals surface area (Å²) in [5.74, 6) is -0.391. The molecule has 2 rings (SSSR count). The number of morpholine rings is 1. The minimum absolute atomic E-state index is 0. The Morgan fingerprint density at radius 1 is 1.38 bits per heavy atom. The van der Waals surface area contributed by atoms with Crippen LogP contribution < -0.4 is 4.90 Å². The molecule has 1 aromatic heterocycles. The highest BCUT2D eigenvalue weighted by Crippen LogP contribution is 2.12. The molecule has 1 aromatic rings. The number of nitrogens with zero attached hydrogens (tertiary/aromatic N) is 3. The summed E-state index contributed by atoms with van der Waals surface area (Å²) < 4.78 is 5.20. The van der Waals surface area contributed by atoms with Crippen molar-refractivity contribution in [3.63, 3.8) is 0 Å². The Hall–Kier alpha value is -1.40. The molecule has 1 aliphatic rings. The first-order chi connectivity index (χ1) is 7.27. The second-order valence-corrected chi connectivity index (χ2v) is 3.17. The van der Waals surface area contributed by atoms with Crippen molar-refractivity contribution in [2.24, 2.45) is 0 Å². The summed E-state index contributed by atoms with van der Waals surface area (Å²) in [5, 5.41) is 8.77. The maximum Gasteiger partial charge on any atom is 0.354 e. The predicted molar refractivity (Wildman–Crippen MR) is 59.3 cm³/mol. The lowest BCUT2D eigenvalue weighted by Crippen LogP contribution is -2.36. The third-order valence-electron chi connectivity index (χ3n) is 2.21. The Morgan fingerprint density at radius 3 is 2.69 bits per heavy atom. The summed E-state index contributed by atoms with van der Waals surface area (Å²) in [5.41, 5.74) is 0.0199. The third kappa shape index (κ3) is 2.80. The number of aromatic carboxylic acids is 1. The number of halogens is 1. The van der Waals surface area contributed by atoms with E-state index in [0.717, 1.165) is 13.1 Å². The molecule has 0 bridgehead atoms. The summed E-state index contributed by atoms with van der Waals surface area (Å²) in [7, 11) is 0. The second kappa shape index (κ2) is 5.62. The van der Waals surface area contributed by atoms with E-state index in [1.165, 1.54) is 12.4 Å². The average molecular weight is 246 g/mol. The molecule has 1 saturated heterocycles. The molecule has 0 aliphatic carbocycles. The smallest absolute Gasteiger partial charge is 0.354 e. The van der Waals surface area contributed by atoms with Gasteiger partial charge in [-0.15, -0.1) is 12.4 Å². The number of carbonyl (C=O) groups is 1. The quantitative estimate of drug-likeness (QED) is 0.815. The molecule has 0 unspecified atom stereocenters. The van der Waals surface area contributed by atoms with Gasteiger partial charge in [0.25, 0.3) is 0 Å². The summed E-state index contributed by atoms with van der Waals surface area (Å²) in [4.78, 5) is 20.4. The number of carboxylic acid groups (broad SMARTS) is 1. The monoisotopic (exact) mass is 245 g/mol. The van der Waals surface area contributed by atoms with E-state index in [-0.39, 0.29) is 18.1 Å². The predicted octanol–water partition coefficient (Wildman–Crippen LogP) is 0.433. The topological polar surface area (TPSA) is 75.5 Å². The number of rotatable bonds is 2. The van der Waals surface area contributed by atoms with Crippen LogP contribution in [0.15, 0.2) is 12.4 Å². The van der Waals surface area contributed by atoms with Gasteiger partial charge in [0.2, 0.25) is 0 Å². The number of ether oxygens (including phenoxy) is 1. The van der Waals surface area contributed by atoms with Gasteiger partial charge in [-0.05, 0) is 0 Å². The first-order valence-corrected chi connectivity index (χ1v) is 4.65. The van der Waals surface area contributed by atoms with E-state index in [2.05, 4.69) is 9.97 Å². The first-order valence-electron chi connectivity index (χ1n) is 4.65. The lowest BCUT2D eigenvalue weighted by atomic mass is 10.3. The molecule has 88 valence electrons. The number of carboxylic acids is 1. The SMILES string of the molecule is Cl.O=C(O)c1cc(N2CCOCC2)ncn1. The summed E-state index contributed by atoms with van der Waals surface area (Å²) in [6.45, 7) is 2.75. The number of hydrogen-bond donors (Lipinski definition) is 1. The molecule has 0 aromatic carbocycles. The van der Waals surface area contributed by atoms with Gasteiger partial charge in [-0.25, -0.2) is 14.8 Å². The zero-order valence-electron chi connectivity index (χ0n) is 8.50. The molecule has 1 N–H and O–H groups in total. The fourth-order valence-electron chi connectivity index (χ4n) is 1.43. The van der Waals surface area contributed by atoms with Crippen LogP contribution in [0.25, 0.3) is 0 Å². The second-order valence-electron chi connectivity index (χ2n) is 3.17. The van der Waals surface area contributed by atoms with Crippen LogP contribution in [0.2, 0.25) is 0 Å². The molecular weight excluding hydrogens is 234 g/mol. The highest BCUT2D eigenvalue weighted by atomic mass is 35.5. The largest absolute Gasteiger partial charge is 0.477 e. The van der Waals surface area contributed by atoms with Crippen molar-refractivity contribution in [2.45, 2.75) is 0 Å². The first kappa shape index (κ1) is 12.7. The zero-order valence-corrected chi connectivity index (χ0v) is 9.31. The van der Waals surface area contributed by atoms with Gasteiger partial charge in [0.15, 0.2) is 5.69 Å². The molecule has 2 heterocycles. The van der Waals surface area contributed by atoms with Crippen molar-refractivity contribution in [2.75, 3.05) is 31.2 Å². The van der Waals surface area contributed by atoms with Crippen molar-refractivity contribution in [3.05, 3.63) is 18.1 Å². The van der Waals surface area contributed by atoms with E-state index in [1.807, 2.05) is 4.90 Å². The Labute approximate surface area is 98.7 Å². The van der Waals surface area contributed by atoms with Crippen molar-refractivity contribution in [1.82, 2.24) is 9.97 Å². The zero-order chi connectivity index (χ0) is 10.7. The van der Waals surface area contributed by atoms with Gasteiger partial charge in [0, 0.05) is 19.2 Å². The Balaban J connectivity index is 0.00000128. The number of aromatic nitrogens is 2. The van der Waals surface area contributed by atoms with E-state index in [0.29, 0.717) is 19.0 Å². The molecule has 6 nitrogen and oxygen atoms in total. The molecule has 0 amide bonds. The highest BCUT2D eigenvalue weighted by Gasteiger charge is 2.14. The van der Waals surface area contributed by atoms with Crippen molar-refractivity contribution < 1.29 is 14.6 Å². The molecule has 7 heteroatoms. The molecule has 16 heavy (non-hydrogen) atoms. The number of anilines is 1. The van der Waals surface area contributed by atoms with Crippen LogP contribution in [0.1, 0.15) is 10.5 Å². The number of hydrogen-bond acceptors (Lipinski definition) is 5. The fraction of sp³-hybridized carbons (Fsp3) is 0.444. The third-order valence-corrected chi connectivity index (χ3v) is 2.21. The van der Waals surface area contributed by atoms with Gasteiger partial charge in [0.1, 0.15) is 12.1 Å². The van der Waals surface area contributed by atoms with Gasteiger partial charge in [-0.1, -0.05) is 0 Å². The van der Waals surface area contributed by atoms with E-state index in [9.17, 15) is 4.79 Å². The van der Waals surface area contributed by atoms with Gasteiger partial charge in [-0.3, -0.25) is 0 Å². The van der Waals surface area contributed by atoms with E-state index >= 15 is 0 Å². The molecule has 0 spiro atoms. The molecule has 1 fully saturated rings. The van der Waals surface area contributed by atoms with Crippen LogP contribution in [-0.4, -0.2) is 47.3 Å². The average Bonchev–Trinajstić information content (AvgIpc) is 2.30. The minimum Gasteiger partial charge on any atom is -0.477 e. The minimum atomic E-state index is -1.04. The lowest BCUT2D eigenvalue weighted by Gasteiger charge is -2.27. The van der Waals surface area contributed by atoms with Gasteiger partial charge < -0.3 is 14.7 Å². The van der Waals surface area contributed by atoms with E-state index in [4.69, 9.17) is 9.84 Å². The van der Waals surface area contributed by atoms with Crippen LogP contribution in [0, 0.1) is 0 Å². The van der Waals surface area contributed by atoms with Crippen LogP contribution in [0.4, 0.5) is 5.82 Å². The standard InChI is InChI=1S/C9H11N3O3.ClH/c13-9(14)7-5-8(11-6-10-7)12-1-3-15-4-2-12;/h5-6H,1-4H2,(H,13,14);1H. The van der Waals surface area contributed by atoms with Gasteiger partial charge >= 0.3 is 5.97 Å². The molecule has 0 radical (unpaired) electrons. The van der Waals surface area contributed by atoms with E-state index < -0.39 is 5.97 Å². The van der Waals surface area contributed by atoms with Crippen molar-refractivity contribution >= 4 is 24.2 Å². The molecule has 0 saturated carbocycles. The van der Waals surface area contributed by atoms with Gasteiger partial charge in [0.05, 0.1) is 13.2 Å².